The smallest absolute Gasteiger partial charge is 0.384 e. The first kappa shape index (κ1) is 48.9. The molecule has 2 saturated heterocycles. The number of sulfone groups is 1. The third-order valence-electron chi connectivity index (χ3n) is 11.6. The first-order valence-corrected chi connectivity index (χ1v) is 26.1. The molecule has 1 aromatic heterocycles. The molecule has 2 aliphatic rings. The number of alkyl halides is 3. The van der Waals surface area contributed by atoms with Gasteiger partial charge in [-0.3, -0.25) is 4.90 Å². The van der Waals surface area contributed by atoms with Gasteiger partial charge in [0.05, 0.1) is 36.1 Å². The normalized spacial score (nSPS) is 15.7. The van der Waals surface area contributed by atoms with Crippen LogP contribution in [0.25, 0.3) is 22.4 Å². The molecule has 10 nitrogen and oxygen atoms in total. The Hall–Kier alpha value is -4.02. The van der Waals surface area contributed by atoms with Crippen molar-refractivity contribution in [3.05, 3.63) is 101 Å². The highest BCUT2D eigenvalue weighted by atomic mass is 35.5. The van der Waals surface area contributed by atoms with Crippen LogP contribution in [0.2, 0.25) is 5.02 Å². The number of rotatable bonds is 17. The van der Waals surface area contributed by atoms with Crippen molar-refractivity contribution < 1.29 is 35.2 Å². The van der Waals surface area contributed by atoms with Gasteiger partial charge in [0.25, 0.3) is 9.84 Å². The van der Waals surface area contributed by atoms with Gasteiger partial charge in [0, 0.05) is 95.4 Å². The third-order valence-corrected chi connectivity index (χ3v) is 16.0. The van der Waals surface area contributed by atoms with Crippen molar-refractivity contribution in [2.75, 3.05) is 98.6 Å². The summed E-state index contributed by atoms with van der Waals surface area (Å²) in [7, 11) is -7.44. The Bertz CT molecular complexity index is 2520. The van der Waals surface area contributed by atoms with E-state index in [9.17, 15) is 21.6 Å². The largest absolute Gasteiger partial charge is 0.501 e. The molecule has 65 heavy (non-hydrogen) atoms. The van der Waals surface area contributed by atoms with Crippen LogP contribution in [0, 0.1) is 12.7 Å². The van der Waals surface area contributed by atoms with E-state index in [0.717, 1.165) is 63.5 Å². The molecule has 3 heterocycles. The minimum Gasteiger partial charge on any atom is -0.384 e. The van der Waals surface area contributed by atoms with Crippen molar-refractivity contribution in [1.29, 1.82) is 0 Å². The van der Waals surface area contributed by atoms with Gasteiger partial charge in [-0.05, 0) is 131 Å². The zero-order valence-corrected chi connectivity index (χ0v) is 40.5. The first-order chi connectivity index (χ1) is 31.1. The van der Waals surface area contributed by atoms with Crippen LogP contribution in [0.15, 0.2) is 94.7 Å². The summed E-state index contributed by atoms with van der Waals surface area (Å²) in [6.45, 7) is 14.9. The molecule has 5 aromatic rings. The first-order valence-electron chi connectivity index (χ1n) is 21.7. The minimum atomic E-state index is -5.68. The lowest BCUT2D eigenvalue weighted by molar-refractivity contribution is -0.0435. The number of morpholine rings is 1. The SMILES string of the molecule is CCOP(Nc1ccc(N2CCN(c3cc(F)cc(-c4c(SC)c(C)n(C(C)C)c4-c4ccc(Cl)cc4)c3)CC2)cc1)c1ccc(NCCCN2CCOCC2)c(S(=O)(=O)C(F)(F)F)c1. The van der Waals surface area contributed by atoms with Crippen molar-refractivity contribution in [3.63, 3.8) is 0 Å². The summed E-state index contributed by atoms with van der Waals surface area (Å²) in [5.41, 5.74) is 1.83. The van der Waals surface area contributed by atoms with Crippen LogP contribution < -0.4 is 25.5 Å². The summed E-state index contributed by atoms with van der Waals surface area (Å²) in [4.78, 5) is 6.93. The quantitative estimate of drug-likeness (QED) is 0.0406. The van der Waals surface area contributed by atoms with Crippen LogP contribution in [-0.4, -0.2) is 102 Å². The van der Waals surface area contributed by atoms with Crippen molar-refractivity contribution in [2.45, 2.75) is 55.5 Å². The third kappa shape index (κ3) is 11.2. The highest BCUT2D eigenvalue weighted by Crippen LogP contribution is 2.46. The van der Waals surface area contributed by atoms with Gasteiger partial charge in [-0.25, -0.2) is 12.8 Å². The molecular weight excluding hydrogens is 919 g/mol. The molecule has 0 bridgehead atoms. The Labute approximate surface area is 390 Å². The Morgan fingerprint density at radius 3 is 2.15 bits per heavy atom. The monoisotopic (exact) mass is 974 g/mol. The summed E-state index contributed by atoms with van der Waals surface area (Å²) in [5.74, 6) is -0.306. The van der Waals surface area contributed by atoms with Gasteiger partial charge in [-0.15, -0.1) is 11.8 Å². The predicted molar refractivity (Wildman–Crippen MR) is 260 cm³/mol. The molecule has 0 radical (unpaired) electrons. The van der Waals surface area contributed by atoms with Gasteiger partial charge in [-0.1, -0.05) is 23.7 Å². The van der Waals surface area contributed by atoms with E-state index in [-0.39, 0.29) is 24.2 Å². The summed E-state index contributed by atoms with van der Waals surface area (Å²) < 4.78 is 97.1. The predicted octanol–water partition coefficient (Wildman–Crippen LogP) is 11.1. The number of benzene rings is 4. The molecule has 0 saturated carbocycles. The number of thioether (sulfide) groups is 1. The lowest BCUT2D eigenvalue weighted by Crippen LogP contribution is -2.46. The van der Waals surface area contributed by atoms with E-state index in [1.807, 2.05) is 48.5 Å². The Morgan fingerprint density at radius 1 is 0.877 bits per heavy atom. The highest BCUT2D eigenvalue weighted by molar-refractivity contribution is 7.98. The van der Waals surface area contributed by atoms with Gasteiger partial charge in [0.1, 0.15) is 5.82 Å². The number of aromatic nitrogens is 1. The summed E-state index contributed by atoms with van der Waals surface area (Å²) in [6, 6.07) is 25.0. The molecule has 0 aliphatic carbocycles. The molecule has 0 amide bonds. The second-order valence-electron chi connectivity index (χ2n) is 16.2. The standard InChI is InChI=1S/C47H56ClF4N6O4PS2/c1-6-62-63(41-16-17-42(43(31-41)65(59,60)47(50,51)52)53-18-7-19-55-24-26-61-27-25-55)54-38-12-14-39(15-13-38)56-20-22-57(23-21-56)40-29-35(28-37(49)30-40)44-45(34-8-10-36(48)11-9-34)58(32(2)3)33(4)46(44)64-5/h8-17,28-32,53-54H,6-7,18-27H2,1-5H3. The van der Waals surface area contributed by atoms with E-state index >= 15 is 4.39 Å². The summed E-state index contributed by atoms with van der Waals surface area (Å²) >= 11 is 7.95. The Balaban J connectivity index is 1.05. The number of piperazine rings is 1. The molecule has 0 spiro atoms. The lowest BCUT2D eigenvalue weighted by atomic mass is 9.99. The van der Waals surface area contributed by atoms with Crippen LogP contribution in [0.4, 0.5) is 40.3 Å². The van der Waals surface area contributed by atoms with Gasteiger partial charge >= 0.3 is 5.51 Å². The number of ether oxygens (including phenoxy) is 1. The van der Waals surface area contributed by atoms with Crippen LogP contribution in [-0.2, 0) is 19.1 Å². The van der Waals surface area contributed by atoms with Gasteiger partial charge < -0.3 is 34.0 Å². The second-order valence-corrected chi connectivity index (χ2v) is 21.0. The van der Waals surface area contributed by atoms with Gasteiger partial charge in [-0.2, -0.15) is 13.2 Å². The molecule has 2 fully saturated rings. The van der Waals surface area contributed by atoms with Gasteiger partial charge in [0.2, 0.25) is 0 Å². The van der Waals surface area contributed by atoms with Crippen LogP contribution in [0.3, 0.4) is 0 Å². The van der Waals surface area contributed by atoms with Gasteiger partial charge in [0.15, 0.2) is 8.30 Å². The summed E-state index contributed by atoms with van der Waals surface area (Å²) in [6.07, 6.45) is 2.67. The zero-order chi connectivity index (χ0) is 46.5. The molecule has 1 atom stereocenters. The van der Waals surface area contributed by atoms with E-state index in [1.165, 1.54) is 6.07 Å². The maximum Gasteiger partial charge on any atom is 0.501 e. The Morgan fingerprint density at radius 2 is 1.54 bits per heavy atom. The molecular formula is C47H56ClF4N6O4PS2. The molecule has 2 aliphatic heterocycles. The molecule has 18 heteroatoms. The van der Waals surface area contributed by atoms with Crippen LogP contribution >= 0.6 is 31.7 Å². The van der Waals surface area contributed by atoms with E-state index in [4.69, 9.17) is 20.9 Å². The fourth-order valence-electron chi connectivity index (χ4n) is 8.51. The fourth-order valence-corrected chi connectivity index (χ4v) is 11.9. The fraction of sp³-hybridized carbons (Fsp3) is 0.404. The maximum absolute atomic E-state index is 15.7. The number of nitrogens with zero attached hydrogens (tertiary/aromatic N) is 4. The summed E-state index contributed by atoms with van der Waals surface area (Å²) in [5, 5.41) is 7.18. The van der Waals surface area contributed by atoms with Crippen molar-refractivity contribution >= 4 is 69.6 Å². The van der Waals surface area contributed by atoms with E-state index in [0.29, 0.717) is 74.9 Å². The lowest BCUT2D eigenvalue weighted by Gasteiger charge is -2.37. The van der Waals surface area contributed by atoms with E-state index in [2.05, 4.69) is 62.8 Å². The van der Waals surface area contributed by atoms with Crippen molar-refractivity contribution in [2.24, 2.45) is 0 Å². The zero-order valence-electron chi connectivity index (χ0n) is 37.2. The second kappa shape index (κ2) is 21.3. The average molecular weight is 976 g/mol. The molecule has 4 aromatic carbocycles. The van der Waals surface area contributed by atoms with E-state index < -0.39 is 28.5 Å². The average Bonchev–Trinajstić information content (AvgIpc) is 3.60. The van der Waals surface area contributed by atoms with Crippen molar-refractivity contribution in [3.8, 4) is 22.4 Å². The molecule has 7 rings (SSSR count). The number of hydrogen-bond donors (Lipinski definition) is 2. The number of anilines is 4. The Kier molecular flexibility index (Phi) is 16.0. The van der Waals surface area contributed by atoms with E-state index in [1.54, 1.807) is 36.9 Å². The molecule has 1 unspecified atom stereocenters. The number of hydrogen-bond acceptors (Lipinski definition) is 10. The number of halogens is 5. The topological polar surface area (TPSA) is 91.3 Å². The van der Waals surface area contributed by atoms with Crippen LogP contribution in [0.1, 0.15) is 38.9 Å². The van der Waals surface area contributed by atoms with Crippen LogP contribution in [0.5, 0.6) is 0 Å². The highest BCUT2D eigenvalue weighted by Gasteiger charge is 2.48. The molecule has 350 valence electrons. The van der Waals surface area contributed by atoms with Crippen molar-refractivity contribution in [1.82, 2.24) is 9.47 Å². The number of nitrogens with one attached hydrogen (secondary N) is 2. The molecule has 2 N–H and O–H groups in total. The minimum absolute atomic E-state index is 0.105. The maximum atomic E-state index is 15.7.